The molecule has 1 aliphatic rings. The molecule has 1 fully saturated rings. The standard InChI is InChI=1S/C21H22N2O/c24-21(20-10-4-5-14-22-20)17-9-6-11-19-16(17)12-13-18(23-19)15-7-2-1-3-8-15/h1-3,6-9,11-13,20-22,24H,4-5,10,14H2. The molecule has 2 unspecified atom stereocenters. The highest BCUT2D eigenvalue weighted by Crippen LogP contribution is 2.30. The molecule has 1 aliphatic heterocycles. The topological polar surface area (TPSA) is 45.2 Å². The molecule has 4 rings (SSSR count). The van der Waals surface area contributed by atoms with Crippen molar-refractivity contribution in [2.24, 2.45) is 0 Å². The third-order valence-electron chi connectivity index (χ3n) is 4.88. The molecule has 0 spiro atoms. The lowest BCUT2D eigenvalue weighted by Crippen LogP contribution is -2.38. The second-order valence-corrected chi connectivity index (χ2v) is 6.48. The number of aromatic nitrogens is 1. The van der Waals surface area contributed by atoms with Crippen molar-refractivity contribution < 1.29 is 5.11 Å². The van der Waals surface area contributed by atoms with E-state index in [1.807, 2.05) is 42.5 Å². The Balaban J connectivity index is 1.72. The third-order valence-corrected chi connectivity index (χ3v) is 4.88. The maximum Gasteiger partial charge on any atom is 0.0949 e. The lowest BCUT2D eigenvalue weighted by molar-refractivity contribution is 0.115. The highest BCUT2D eigenvalue weighted by Gasteiger charge is 2.24. The highest BCUT2D eigenvalue weighted by atomic mass is 16.3. The number of piperidine rings is 1. The lowest BCUT2D eigenvalue weighted by atomic mass is 9.92. The van der Waals surface area contributed by atoms with Gasteiger partial charge in [0.25, 0.3) is 0 Å². The van der Waals surface area contributed by atoms with Crippen molar-refractivity contribution in [3.05, 3.63) is 66.2 Å². The number of benzene rings is 2. The van der Waals surface area contributed by atoms with Gasteiger partial charge in [0.15, 0.2) is 0 Å². The Hall–Kier alpha value is -2.23. The Morgan fingerprint density at radius 2 is 1.83 bits per heavy atom. The Morgan fingerprint density at radius 3 is 2.62 bits per heavy atom. The number of fused-ring (bicyclic) bond motifs is 1. The summed E-state index contributed by atoms with van der Waals surface area (Å²) in [6.07, 6.45) is 2.90. The van der Waals surface area contributed by atoms with Crippen LogP contribution in [0.1, 0.15) is 30.9 Å². The first-order valence-corrected chi connectivity index (χ1v) is 8.69. The Labute approximate surface area is 142 Å². The van der Waals surface area contributed by atoms with Crippen LogP contribution >= 0.6 is 0 Å². The summed E-state index contributed by atoms with van der Waals surface area (Å²) in [5.74, 6) is 0. The van der Waals surface area contributed by atoms with Crippen LogP contribution in [0.5, 0.6) is 0 Å². The van der Waals surface area contributed by atoms with Gasteiger partial charge in [-0.15, -0.1) is 0 Å². The number of nitrogens with zero attached hydrogens (tertiary/aromatic N) is 1. The Bertz CT molecular complexity index is 826. The molecule has 2 heterocycles. The zero-order valence-electron chi connectivity index (χ0n) is 13.7. The molecule has 122 valence electrons. The second kappa shape index (κ2) is 6.71. The van der Waals surface area contributed by atoms with Gasteiger partial charge in [-0.1, -0.05) is 55.0 Å². The third kappa shape index (κ3) is 2.93. The van der Waals surface area contributed by atoms with Crippen LogP contribution in [0.2, 0.25) is 0 Å². The predicted molar refractivity (Wildman–Crippen MR) is 97.8 cm³/mol. The largest absolute Gasteiger partial charge is 0.387 e. The molecule has 2 N–H and O–H groups in total. The summed E-state index contributed by atoms with van der Waals surface area (Å²) >= 11 is 0. The average molecular weight is 318 g/mol. The molecule has 3 nitrogen and oxygen atoms in total. The number of aliphatic hydroxyl groups excluding tert-OH is 1. The van der Waals surface area contributed by atoms with Gasteiger partial charge in [0, 0.05) is 17.0 Å². The molecule has 0 aliphatic carbocycles. The summed E-state index contributed by atoms with van der Waals surface area (Å²) in [5, 5.41) is 15.3. The van der Waals surface area contributed by atoms with Crippen LogP contribution < -0.4 is 5.32 Å². The molecule has 0 bridgehead atoms. The molecule has 24 heavy (non-hydrogen) atoms. The fraction of sp³-hybridized carbons (Fsp3) is 0.286. The van der Waals surface area contributed by atoms with E-state index in [4.69, 9.17) is 4.98 Å². The number of hydrogen-bond donors (Lipinski definition) is 2. The maximum absolute atomic E-state index is 10.8. The van der Waals surface area contributed by atoms with Crippen molar-refractivity contribution >= 4 is 10.9 Å². The van der Waals surface area contributed by atoms with Crippen LogP contribution in [0.3, 0.4) is 0 Å². The second-order valence-electron chi connectivity index (χ2n) is 6.48. The SMILES string of the molecule is OC(c1cccc2nc(-c3ccccc3)ccc12)C1CCCCN1. The van der Waals surface area contributed by atoms with Crippen LogP contribution in [-0.4, -0.2) is 22.7 Å². The molecule has 2 aromatic carbocycles. The molecule has 1 aromatic heterocycles. The van der Waals surface area contributed by atoms with Gasteiger partial charge < -0.3 is 10.4 Å². The minimum absolute atomic E-state index is 0.137. The fourth-order valence-corrected chi connectivity index (χ4v) is 3.57. The van der Waals surface area contributed by atoms with Crippen molar-refractivity contribution in [3.8, 4) is 11.3 Å². The average Bonchev–Trinajstić information content (AvgIpc) is 2.68. The monoisotopic (exact) mass is 318 g/mol. The van der Waals surface area contributed by atoms with Gasteiger partial charge in [-0.25, -0.2) is 4.98 Å². The van der Waals surface area contributed by atoms with Gasteiger partial charge in [-0.3, -0.25) is 0 Å². The molecular weight excluding hydrogens is 296 g/mol. The summed E-state index contributed by atoms with van der Waals surface area (Å²) in [6.45, 7) is 0.989. The quantitative estimate of drug-likeness (QED) is 0.765. The van der Waals surface area contributed by atoms with Crippen LogP contribution in [-0.2, 0) is 0 Å². The van der Waals surface area contributed by atoms with Crippen LogP contribution in [0, 0.1) is 0 Å². The zero-order chi connectivity index (χ0) is 16.4. The normalized spacial score (nSPS) is 19.3. The molecule has 3 heteroatoms. The van der Waals surface area contributed by atoms with E-state index in [0.29, 0.717) is 0 Å². The summed E-state index contributed by atoms with van der Waals surface area (Å²) < 4.78 is 0. The van der Waals surface area contributed by atoms with E-state index in [9.17, 15) is 5.11 Å². The summed E-state index contributed by atoms with van der Waals surface area (Å²) in [5.41, 5.74) is 3.98. The van der Waals surface area contributed by atoms with E-state index in [1.165, 1.54) is 12.8 Å². The van der Waals surface area contributed by atoms with Gasteiger partial charge >= 0.3 is 0 Å². The van der Waals surface area contributed by atoms with Crippen molar-refractivity contribution in [2.45, 2.75) is 31.4 Å². The zero-order valence-corrected chi connectivity index (χ0v) is 13.7. The molecule has 0 amide bonds. The lowest BCUT2D eigenvalue weighted by Gasteiger charge is -2.28. The van der Waals surface area contributed by atoms with Crippen molar-refractivity contribution in [1.82, 2.24) is 10.3 Å². The predicted octanol–water partition coefficient (Wildman–Crippen LogP) is 4.08. The van der Waals surface area contributed by atoms with E-state index in [2.05, 4.69) is 23.5 Å². The molecule has 0 saturated carbocycles. The number of pyridine rings is 1. The smallest absolute Gasteiger partial charge is 0.0949 e. The van der Waals surface area contributed by atoms with E-state index in [0.717, 1.165) is 40.7 Å². The summed E-state index contributed by atoms with van der Waals surface area (Å²) in [7, 11) is 0. The fourth-order valence-electron chi connectivity index (χ4n) is 3.57. The molecular formula is C21H22N2O. The molecule has 2 atom stereocenters. The van der Waals surface area contributed by atoms with Gasteiger partial charge in [-0.2, -0.15) is 0 Å². The summed E-state index contributed by atoms with van der Waals surface area (Å²) in [4.78, 5) is 4.80. The first kappa shape index (κ1) is 15.3. The number of nitrogens with one attached hydrogen (secondary N) is 1. The van der Waals surface area contributed by atoms with Crippen LogP contribution in [0.15, 0.2) is 60.7 Å². The minimum Gasteiger partial charge on any atom is -0.387 e. The van der Waals surface area contributed by atoms with Crippen LogP contribution in [0.25, 0.3) is 22.2 Å². The Morgan fingerprint density at radius 1 is 0.958 bits per heavy atom. The minimum atomic E-state index is -0.488. The number of rotatable bonds is 3. The number of aliphatic hydroxyl groups is 1. The highest BCUT2D eigenvalue weighted by molar-refractivity contribution is 5.85. The molecule has 1 saturated heterocycles. The van der Waals surface area contributed by atoms with Gasteiger partial charge in [0.05, 0.1) is 17.3 Å². The van der Waals surface area contributed by atoms with E-state index >= 15 is 0 Å². The van der Waals surface area contributed by atoms with Gasteiger partial charge in [0.2, 0.25) is 0 Å². The first-order chi connectivity index (χ1) is 11.8. The van der Waals surface area contributed by atoms with Crippen molar-refractivity contribution in [2.75, 3.05) is 6.54 Å². The van der Waals surface area contributed by atoms with Crippen molar-refractivity contribution in [1.29, 1.82) is 0 Å². The summed E-state index contributed by atoms with van der Waals surface area (Å²) in [6, 6.07) is 20.5. The maximum atomic E-state index is 10.8. The molecule has 0 radical (unpaired) electrons. The first-order valence-electron chi connectivity index (χ1n) is 8.69. The molecule has 3 aromatic rings. The van der Waals surface area contributed by atoms with E-state index in [-0.39, 0.29) is 6.04 Å². The number of hydrogen-bond acceptors (Lipinski definition) is 3. The van der Waals surface area contributed by atoms with Crippen LogP contribution in [0.4, 0.5) is 0 Å². The van der Waals surface area contributed by atoms with E-state index in [1.54, 1.807) is 0 Å². The van der Waals surface area contributed by atoms with Crippen molar-refractivity contribution in [3.63, 3.8) is 0 Å². The Kier molecular flexibility index (Phi) is 4.28. The van der Waals surface area contributed by atoms with Gasteiger partial charge in [-0.05, 0) is 37.1 Å². The van der Waals surface area contributed by atoms with Gasteiger partial charge in [0.1, 0.15) is 0 Å². The van der Waals surface area contributed by atoms with E-state index < -0.39 is 6.10 Å².